The van der Waals surface area contributed by atoms with Gasteiger partial charge in [0.25, 0.3) is 5.24 Å². The Morgan fingerprint density at radius 1 is 1.13 bits per heavy atom. The second-order valence-electron chi connectivity index (χ2n) is 7.00. The molecule has 0 spiro atoms. The first-order chi connectivity index (χ1) is 15.0. The van der Waals surface area contributed by atoms with Crippen molar-refractivity contribution in [2.45, 2.75) is 24.5 Å². The number of halogens is 1. The van der Waals surface area contributed by atoms with Crippen LogP contribution in [0.3, 0.4) is 0 Å². The number of carbonyl (C=O) groups excluding carboxylic acids is 3. The number of thioether (sulfide) groups is 1. The van der Waals surface area contributed by atoms with Crippen LogP contribution >= 0.6 is 11.8 Å². The minimum absolute atomic E-state index is 0.187. The predicted molar refractivity (Wildman–Crippen MR) is 114 cm³/mol. The van der Waals surface area contributed by atoms with E-state index in [0.29, 0.717) is 24.3 Å². The van der Waals surface area contributed by atoms with Crippen molar-refractivity contribution < 1.29 is 23.3 Å². The van der Waals surface area contributed by atoms with Crippen molar-refractivity contribution in [3.63, 3.8) is 0 Å². The van der Waals surface area contributed by atoms with Crippen LogP contribution in [0, 0.1) is 5.82 Å². The fourth-order valence-corrected chi connectivity index (χ4v) is 4.09. The summed E-state index contributed by atoms with van der Waals surface area (Å²) in [6, 6.07) is 13.1. The van der Waals surface area contributed by atoms with Gasteiger partial charge >= 0.3 is 0 Å². The fourth-order valence-electron chi connectivity index (χ4n) is 3.23. The molecule has 1 atom stereocenters. The van der Waals surface area contributed by atoms with Gasteiger partial charge in [0.1, 0.15) is 11.6 Å². The van der Waals surface area contributed by atoms with Gasteiger partial charge in [-0.05, 0) is 41.8 Å². The highest BCUT2D eigenvalue weighted by atomic mass is 32.2. The molecule has 2 aromatic carbocycles. The van der Waals surface area contributed by atoms with Gasteiger partial charge < -0.3 is 9.84 Å². The van der Waals surface area contributed by atoms with Crippen molar-refractivity contribution in [3.05, 3.63) is 71.9 Å². The first-order valence-electron chi connectivity index (χ1n) is 9.58. The summed E-state index contributed by atoms with van der Waals surface area (Å²) in [6.07, 6.45) is 2.52. The largest absolute Gasteiger partial charge is 0.361 e. The van der Waals surface area contributed by atoms with Crippen molar-refractivity contribution in [2.75, 3.05) is 5.32 Å². The average Bonchev–Trinajstić information content (AvgIpc) is 3.34. The van der Waals surface area contributed by atoms with E-state index in [9.17, 15) is 18.8 Å². The third-order valence-electron chi connectivity index (χ3n) is 4.81. The van der Waals surface area contributed by atoms with E-state index >= 15 is 0 Å². The molecule has 0 saturated carbocycles. The van der Waals surface area contributed by atoms with E-state index < -0.39 is 5.25 Å². The lowest BCUT2D eigenvalue weighted by atomic mass is 10.0. The summed E-state index contributed by atoms with van der Waals surface area (Å²) in [4.78, 5) is 35.2. The van der Waals surface area contributed by atoms with Crippen molar-refractivity contribution in [1.29, 1.82) is 0 Å². The summed E-state index contributed by atoms with van der Waals surface area (Å²) in [5.41, 5.74) is 3.02. The van der Waals surface area contributed by atoms with Gasteiger partial charge in [0.05, 0.1) is 11.4 Å². The highest BCUT2D eigenvalue weighted by Crippen LogP contribution is 2.25. The van der Waals surface area contributed by atoms with E-state index in [0.717, 1.165) is 28.5 Å². The number of benzene rings is 2. The molecule has 0 radical (unpaired) electrons. The van der Waals surface area contributed by atoms with Crippen LogP contribution in [-0.4, -0.2) is 27.5 Å². The average molecular weight is 439 g/mol. The van der Waals surface area contributed by atoms with Crippen LogP contribution in [0.25, 0.3) is 11.1 Å². The normalized spacial score (nSPS) is 15.7. The summed E-state index contributed by atoms with van der Waals surface area (Å²) in [6.45, 7) is 0. The molecule has 158 valence electrons. The third kappa shape index (κ3) is 5.18. The van der Waals surface area contributed by atoms with E-state index in [2.05, 4.69) is 15.8 Å². The molecule has 0 bridgehead atoms. The molecule has 0 aliphatic carbocycles. The fraction of sp³-hybridized carbons (Fsp3) is 0.182. The number of hydrogen-bond donors (Lipinski definition) is 2. The lowest BCUT2D eigenvalue weighted by Crippen LogP contribution is -2.25. The van der Waals surface area contributed by atoms with Crippen LogP contribution in [0.2, 0.25) is 0 Å². The molecule has 2 heterocycles. The highest BCUT2D eigenvalue weighted by Gasteiger charge is 2.31. The molecule has 4 rings (SSSR count). The molecule has 1 saturated heterocycles. The number of aromatic nitrogens is 1. The SMILES string of the molecule is O=C(CCc1oncc1-c1ccc(F)cc1)Nc1ccc(CC2SC(=O)NC2=O)cc1. The molecule has 1 fully saturated rings. The van der Waals surface area contributed by atoms with Crippen LogP contribution in [0.1, 0.15) is 17.7 Å². The number of imide groups is 1. The summed E-state index contributed by atoms with van der Waals surface area (Å²) >= 11 is 0.987. The molecule has 1 aromatic heterocycles. The Morgan fingerprint density at radius 3 is 2.55 bits per heavy atom. The summed E-state index contributed by atoms with van der Waals surface area (Å²) in [5.74, 6) is -0.241. The Labute approximate surface area is 181 Å². The van der Waals surface area contributed by atoms with Crippen molar-refractivity contribution in [2.24, 2.45) is 0 Å². The molecule has 3 amide bonds. The molecule has 9 heteroatoms. The zero-order valence-corrected chi connectivity index (χ0v) is 17.1. The summed E-state index contributed by atoms with van der Waals surface area (Å²) in [7, 11) is 0. The molecule has 7 nitrogen and oxygen atoms in total. The van der Waals surface area contributed by atoms with E-state index in [1.165, 1.54) is 12.1 Å². The van der Waals surface area contributed by atoms with Crippen LogP contribution in [0.5, 0.6) is 0 Å². The van der Waals surface area contributed by atoms with Crippen LogP contribution in [0.15, 0.2) is 59.3 Å². The first-order valence-corrected chi connectivity index (χ1v) is 10.5. The van der Waals surface area contributed by atoms with Gasteiger partial charge in [0.2, 0.25) is 11.8 Å². The van der Waals surface area contributed by atoms with Crippen molar-refractivity contribution in [3.8, 4) is 11.1 Å². The Balaban J connectivity index is 1.31. The number of carbonyl (C=O) groups is 3. The van der Waals surface area contributed by atoms with Crippen molar-refractivity contribution >= 4 is 34.5 Å². The number of nitrogens with one attached hydrogen (secondary N) is 2. The number of rotatable bonds is 7. The Hall–Kier alpha value is -3.46. The van der Waals surface area contributed by atoms with Crippen LogP contribution in [0.4, 0.5) is 14.9 Å². The van der Waals surface area contributed by atoms with Gasteiger partial charge in [-0.1, -0.05) is 41.2 Å². The lowest BCUT2D eigenvalue weighted by Gasteiger charge is -2.08. The van der Waals surface area contributed by atoms with E-state index in [1.807, 2.05) is 12.1 Å². The van der Waals surface area contributed by atoms with Gasteiger partial charge in [-0.2, -0.15) is 0 Å². The predicted octanol–water partition coefficient (Wildman–Crippen LogP) is 3.95. The molecule has 31 heavy (non-hydrogen) atoms. The zero-order valence-electron chi connectivity index (χ0n) is 16.3. The lowest BCUT2D eigenvalue weighted by molar-refractivity contribution is -0.119. The quantitative estimate of drug-likeness (QED) is 0.578. The minimum Gasteiger partial charge on any atom is -0.361 e. The molecular formula is C22H18FN3O4S. The Kier molecular flexibility index (Phi) is 6.13. The van der Waals surface area contributed by atoms with Gasteiger partial charge in [-0.15, -0.1) is 0 Å². The molecule has 3 aromatic rings. The standard InChI is InChI=1S/C22H18FN3O4S/c23-15-5-3-14(4-6-15)17-12-24-30-18(17)9-10-20(27)25-16-7-1-13(2-8-16)11-19-21(28)26-22(29)31-19/h1-8,12,19H,9-11H2,(H,25,27)(H,26,28,29). The van der Waals surface area contributed by atoms with Crippen molar-refractivity contribution in [1.82, 2.24) is 10.5 Å². The number of hydrogen-bond acceptors (Lipinski definition) is 6. The Bertz CT molecular complexity index is 1110. The molecule has 1 aliphatic heterocycles. The second kappa shape index (κ2) is 9.13. The number of amides is 3. The maximum absolute atomic E-state index is 13.1. The summed E-state index contributed by atoms with van der Waals surface area (Å²) in [5, 5.41) is 8.13. The molecule has 1 unspecified atom stereocenters. The topological polar surface area (TPSA) is 101 Å². The van der Waals surface area contributed by atoms with Gasteiger partial charge in [-0.25, -0.2) is 4.39 Å². The van der Waals surface area contributed by atoms with E-state index in [-0.39, 0.29) is 29.3 Å². The molecule has 1 aliphatic rings. The van der Waals surface area contributed by atoms with Gasteiger partial charge in [0.15, 0.2) is 0 Å². The Morgan fingerprint density at radius 2 is 1.87 bits per heavy atom. The van der Waals surface area contributed by atoms with Crippen LogP contribution in [-0.2, 0) is 22.4 Å². The van der Waals surface area contributed by atoms with Gasteiger partial charge in [0, 0.05) is 24.1 Å². The zero-order chi connectivity index (χ0) is 21.8. The monoisotopic (exact) mass is 439 g/mol. The maximum atomic E-state index is 13.1. The molecule has 2 N–H and O–H groups in total. The van der Waals surface area contributed by atoms with Crippen LogP contribution < -0.4 is 10.6 Å². The van der Waals surface area contributed by atoms with E-state index in [4.69, 9.17) is 4.52 Å². The number of aryl methyl sites for hydroxylation is 1. The maximum Gasteiger partial charge on any atom is 0.286 e. The third-order valence-corrected chi connectivity index (χ3v) is 5.79. The van der Waals surface area contributed by atoms with Gasteiger partial charge in [-0.3, -0.25) is 19.7 Å². The second-order valence-corrected chi connectivity index (χ2v) is 8.18. The minimum atomic E-state index is -0.426. The number of nitrogens with zero attached hydrogens (tertiary/aromatic N) is 1. The highest BCUT2D eigenvalue weighted by molar-refractivity contribution is 8.15. The smallest absolute Gasteiger partial charge is 0.286 e. The molecular weight excluding hydrogens is 421 g/mol. The summed E-state index contributed by atoms with van der Waals surface area (Å²) < 4.78 is 18.4. The number of anilines is 1. The van der Waals surface area contributed by atoms with E-state index in [1.54, 1.807) is 30.5 Å². The first kappa shape index (κ1) is 20.8.